The first-order chi connectivity index (χ1) is 13.5. The molecule has 4 rings (SSSR count). The lowest BCUT2D eigenvalue weighted by Gasteiger charge is -2.33. The van der Waals surface area contributed by atoms with Crippen molar-refractivity contribution in [2.45, 2.75) is 33.6 Å². The summed E-state index contributed by atoms with van der Waals surface area (Å²) in [5, 5.41) is 4.83. The van der Waals surface area contributed by atoms with Crippen LogP contribution in [0.15, 0.2) is 23.0 Å². The highest BCUT2D eigenvalue weighted by atomic mass is 16.5. The molecule has 146 valence electrons. The van der Waals surface area contributed by atoms with Crippen LogP contribution in [0.25, 0.3) is 11.1 Å². The number of anilines is 1. The number of fused-ring (bicyclic) bond motifs is 1. The second kappa shape index (κ2) is 7.22. The number of benzene rings is 1. The Morgan fingerprint density at radius 3 is 2.68 bits per heavy atom. The Labute approximate surface area is 163 Å². The Balaban J connectivity index is 1.62. The monoisotopic (exact) mass is 380 g/mol. The maximum atomic E-state index is 13.2. The van der Waals surface area contributed by atoms with Crippen molar-refractivity contribution in [1.82, 2.24) is 15.1 Å². The van der Waals surface area contributed by atoms with Gasteiger partial charge in [0.15, 0.2) is 5.78 Å². The Morgan fingerprint density at radius 2 is 1.96 bits per heavy atom. The van der Waals surface area contributed by atoms with Gasteiger partial charge in [-0.05, 0) is 56.9 Å². The van der Waals surface area contributed by atoms with Crippen molar-refractivity contribution in [2.75, 3.05) is 25.1 Å². The lowest BCUT2D eigenvalue weighted by Crippen LogP contribution is -2.39. The third kappa shape index (κ3) is 3.10. The zero-order chi connectivity index (χ0) is 19.8. The van der Waals surface area contributed by atoms with E-state index >= 15 is 0 Å². The van der Waals surface area contributed by atoms with Gasteiger partial charge < -0.3 is 14.2 Å². The van der Waals surface area contributed by atoms with Crippen molar-refractivity contribution in [3.63, 3.8) is 0 Å². The summed E-state index contributed by atoms with van der Waals surface area (Å²) in [6.45, 7) is 7.30. The van der Waals surface area contributed by atoms with E-state index < -0.39 is 0 Å². The third-order valence-electron chi connectivity index (χ3n) is 5.46. The van der Waals surface area contributed by atoms with E-state index in [0.29, 0.717) is 12.3 Å². The van der Waals surface area contributed by atoms with Crippen LogP contribution in [-0.4, -0.2) is 41.1 Å². The summed E-state index contributed by atoms with van der Waals surface area (Å²) in [5.41, 5.74) is 3.96. The number of nitrogens with zero attached hydrogens (tertiary/aromatic N) is 4. The van der Waals surface area contributed by atoms with Gasteiger partial charge in [-0.1, -0.05) is 5.16 Å². The Hall–Kier alpha value is -2.96. The van der Waals surface area contributed by atoms with Crippen LogP contribution in [0, 0.1) is 26.7 Å². The summed E-state index contributed by atoms with van der Waals surface area (Å²) >= 11 is 0. The highest BCUT2D eigenvalue weighted by molar-refractivity contribution is 5.99. The summed E-state index contributed by atoms with van der Waals surface area (Å²) in [5.74, 6) is 1.73. The minimum atomic E-state index is -0.0777. The smallest absolute Gasteiger partial charge is 0.263 e. The van der Waals surface area contributed by atoms with Gasteiger partial charge in [-0.25, -0.2) is 4.98 Å². The van der Waals surface area contributed by atoms with E-state index in [2.05, 4.69) is 20.0 Å². The normalized spacial score (nSPS) is 17.1. The van der Waals surface area contributed by atoms with E-state index in [0.717, 1.165) is 58.7 Å². The Morgan fingerprint density at radius 1 is 1.21 bits per heavy atom. The highest BCUT2D eigenvalue weighted by Crippen LogP contribution is 2.31. The maximum absolute atomic E-state index is 13.2. The molecule has 0 saturated carbocycles. The lowest BCUT2D eigenvalue weighted by molar-refractivity contribution is 0.0907. The first-order valence-corrected chi connectivity index (χ1v) is 9.51. The molecule has 1 aliphatic heterocycles. The van der Waals surface area contributed by atoms with E-state index in [4.69, 9.17) is 9.26 Å². The molecule has 1 aromatic carbocycles. The number of aryl methyl sites for hydroxylation is 3. The van der Waals surface area contributed by atoms with Crippen LogP contribution in [-0.2, 0) is 0 Å². The molecule has 0 amide bonds. The predicted octanol–water partition coefficient (Wildman–Crippen LogP) is 3.65. The molecule has 0 bridgehead atoms. The molecule has 0 N–H and O–H groups in total. The molecular weight excluding hydrogens is 356 g/mol. The predicted molar refractivity (Wildman–Crippen MR) is 106 cm³/mol. The van der Waals surface area contributed by atoms with Gasteiger partial charge >= 0.3 is 0 Å². The fourth-order valence-electron chi connectivity index (χ4n) is 4.18. The number of rotatable bonds is 4. The SMILES string of the molecule is COc1c(C)cc(C(=O)C2CCCN(c3ncnc4onc(C)c34)C2)cc1C. The van der Waals surface area contributed by atoms with Gasteiger partial charge in [0, 0.05) is 24.6 Å². The summed E-state index contributed by atoms with van der Waals surface area (Å²) in [6.07, 6.45) is 3.29. The van der Waals surface area contributed by atoms with E-state index in [-0.39, 0.29) is 11.7 Å². The van der Waals surface area contributed by atoms with E-state index in [1.807, 2.05) is 32.9 Å². The average Bonchev–Trinajstić information content (AvgIpc) is 3.08. The average molecular weight is 380 g/mol. The van der Waals surface area contributed by atoms with Crippen LogP contribution >= 0.6 is 0 Å². The van der Waals surface area contributed by atoms with Crippen LogP contribution in [0.5, 0.6) is 5.75 Å². The molecular formula is C21H24N4O3. The number of carbonyl (C=O) groups is 1. The molecule has 1 atom stereocenters. The molecule has 1 unspecified atom stereocenters. The molecule has 2 aromatic heterocycles. The molecule has 3 aromatic rings. The largest absolute Gasteiger partial charge is 0.496 e. The maximum Gasteiger partial charge on any atom is 0.263 e. The quantitative estimate of drug-likeness (QED) is 0.639. The zero-order valence-corrected chi connectivity index (χ0v) is 16.7. The lowest BCUT2D eigenvalue weighted by atomic mass is 9.88. The van der Waals surface area contributed by atoms with Gasteiger partial charge in [0.25, 0.3) is 5.71 Å². The van der Waals surface area contributed by atoms with Crippen LogP contribution in [0.4, 0.5) is 5.82 Å². The number of ketones is 1. The minimum Gasteiger partial charge on any atom is -0.496 e. The van der Waals surface area contributed by atoms with E-state index in [1.54, 1.807) is 7.11 Å². The first-order valence-electron chi connectivity index (χ1n) is 9.51. The second-order valence-corrected chi connectivity index (χ2v) is 7.44. The molecule has 1 saturated heterocycles. The molecule has 3 heterocycles. The molecule has 0 radical (unpaired) electrons. The van der Waals surface area contributed by atoms with Gasteiger partial charge in [-0.15, -0.1) is 0 Å². The number of Topliss-reactive ketones (excluding diaryl/α,β-unsaturated/α-hetero) is 1. The van der Waals surface area contributed by atoms with Crippen LogP contribution in [0.1, 0.15) is 40.0 Å². The van der Waals surface area contributed by atoms with Crippen molar-refractivity contribution in [1.29, 1.82) is 0 Å². The molecule has 1 aliphatic rings. The number of ether oxygens (including phenoxy) is 1. The van der Waals surface area contributed by atoms with Gasteiger partial charge in [-0.2, -0.15) is 4.98 Å². The van der Waals surface area contributed by atoms with Crippen LogP contribution in [0.2, 0.25) is 0 Å². The molecule has 1 fully saturated rings. The summed E-state index contributed by atoms with van der Waals surface area (Å²) in [7, 11) is 1.66. The number of hydrogen-bond acceptors (Lipinski definition) is 7. The fourth-order valence-corrected chi connectivity index (χ4v) is 4.18. The Bertz CT molecular complexity index is 1020. The molecule has 0 aliphatic carbocycles. The Kier molecular flexibility index (Phi) is 4.75. The van der Waals surface area contributed by atoms with Crippen molar-refractivity contribution < 1.29 is 14.1 Å². The second-order valence-electron chi connectivity index (χ2n) is 7.44. The number of carbonyl (C=O) groups excluding carboxylic acids is 1. The van der Waals surface area contributed by atoms with Gasteiger partial charge in [-0.3, -0.25) is 4.79 Å². The summed E-state index contributed by atoms with van der Waals surface area (Å²) in [4.78, 5) is 24.0. The fraction of sp³-hybridized carbons (Fsp3) is 0.429. The zero-order valence-electron chi connectivity index (χ0n) is 16.7. The minimum absolute atomic E-state index is 0.0777. The van der Waals surface area contributed by atoms with Crippen LogP contribution < -0.4 is 9.64 Å². The van der Waals surface area contributed by atoms with E-state index in [9.17, 15) is 4.79 Å². The highest BCUT2D eigenvalue weighted by Gasteiger charge is 2.29. The van der Waals surface area contributed by atoms with Gasteiger partial charge in [0.1, 0.15) is 23.3 Å². The first kappa shape index (κ1) is 18.4. The topological polar surface area (TPSA) is 81.4 Å². The summed E-state index contributed by atoms with van der Waals surface area (Å²) < 4.78 is 10.7. The molecule has 28 heavy (non-hydrogen) atoms. The number of piperidine rings is 1. The van der Waals surface area contributed by atoms with Gasteiger partial charge in [0.2, 0.25) is 0 Å². The molecule has 7 nitrogen and oxygen atoms in total. The van der Waals surface area contributed by atoms with Crippen molar-refractivity contribution in [2.24, 2.45) is 5.92 Å². The number of aromatic nitrogens is 3. The van der Waals surface area contributed by atoms with Gasteiger partial charge in [0.05, 0.1) is 12.8 Å². The van der Waals surface area contributed by atoms with Crippen LogP contribution in [0.3, 0.4) is 0 Å². The van der Waals surface area contributed by atoms with Crippen molar-refractivity contribution in [3.8, 4) is 5.75 Å². The van der Waals surface area contributed by atoms with Crippen molar-refractivity contribution in [3.05, 3.63) is 40.8 Å². The number of hydrogen-bond donors (Lipinski definition) is 0. The third-order valence-corrected chi connectivity index (χ3v) is 5.46. The molecule has 0 spiro atoms. The summed E-state index contributed by atoms with van der Waals surface area (Å²) in [6, 6.07) is 3.86. The number of methoxy groups -OCH3 is 1. The standard InChI is InChI=1S/C21H24N4O3/c1-12-8-16(9-13(2)19(12)27-4)18(26)15-6-5-7-25(10-15)20-17-14(3)24-28-21(17)23-11-22-20/h8-9,11,15H,5-7,10H2,1-4H3. The molecule has 7 heteroatoms. The van der Waals surface area contributed by atoms with Crippen molar-refractivity contribution >= 4 is 22.7 Å². The van der Waals surface area contributed by atoms with E-state index in [1.165, 1.54) is 6.33 Å².